The van der Waals surface area contributed by atoms with Gasteiger partial charge < -0.3 is 0 Å². The first-order valence-corrected chi connectivity index (χ1v) is 6.97. The Kier molecular flexibility index (Phi) is 4.21. The van der Waals surface area contributed by atoms with Crippen LogP contribution < -0.4 is 0 Å². The van der Waals surface area contributed by atoms with E-state index in [0.717, 1.165) is 6.42 Å². The summed E-state index contributed by atoms with van der Waals surface area (Å²) in [6, 6.07) is 17.3. The highest BCUT2D eigenvalue weighted by atomic mass is 14.1. The summed E-state index contributed by atoms with van der Waals surface area (Å²) in [4.78, 5) is 0. The lowest BCUT2D eigenvalue weighted by molar-refractivity contribution is 1.13. The van der Waals surface area contributed by atoms with Crippen molar-refractivity contribution in [2.24, 2.45) is 0 Å². The van der Waals surface area contributed by atoms with Gasteiger partial charge in [-0.3, -0.25) is 0 Å². The average Bonchev–Trinajstić information content (AvgIpc) is 2.46. The molecule has 2 aromatic rings. The predicted molar refractivity (Wildman–Crippen MR) is 85.2 cm³/mol. The number of aryl methyl sites for hydroxylation is 2. The van der Waals surface area contributed by atoms with Crippen molar-refractivity contribution in [1.82, 2.24) is 0 Å². The molecule has 0 N–H and O–H groups in total. The molecule has 2 aromatic carbocycles. The van der Waals surface area contributed by atoms with Gasteiger partial charge in [-0.1, -0.05) is 55.5 Å². The monoisotopic (exact) mass is 250 g/mol. The van der Waals surface area contributed by atoms with E-state index in [2.05, 4.69) is 76.2 Å². The van der Waals surface area contributed by atoms with Crippen LogP contribution in [0.25, 0.3) is 11.1 Å². The Labute approximate surface area is 116 Å². The maximum atomic E-state index is 2.23. The second kappa shape index (κ2) is 5.88. The van der Waals surface area contributed by atoms with Gasteiger partial charge >= 0.3 is 0 Å². The minimum atomic E-state index is 1.08. The van der Waals surface area contributed by atoms with E-state index < -0.39 is 0 Å². The van der Waals surface area contributed by atoms with E-state index in [1.54, 1.807) is 0 Å². The van der Waals surface area contributed by atoms with Gasteiger partial charge in [0, 0.05) is 0 Å². The molecule has 0 saturated heterocycles. The first kappa shape index (κ1) is 13.6. The van der Waals surface area contributed by atoms with Crippen molar-refractivity contribution in [2.75, 3.05) is 0 Å². The van der Waals surface area contributed by atoms with Gasteiger partial charge in [0.2, 0.25) is 0 Å². The Morgan fingerprint density at radius 3 is 1.95 bits per heavy atom. The van der Waals surface area contributed by atoms with Crippen molar-refractivity contribution in [3.05, 3.63) is 70.8 Å². The molecule has 0 radical (unpaired) electrons. The predicted octanol–water partition coefficient (Wildman–Crippen LogP) is 5.51. The maximum absolute atomic E-state index is 2.23. The van der Waals surface area contributed by atoms with Crippen molar-refractivity contribution in [3.8, 4) is 0 Å². The lowest BCUT2D eigenvalue weighted by atomic mass is 9.91. The Bertz CT molecular complexity index is 603. The van der Waals surface area contributed by atoms with Crippen molar-refractivity contribution in [1.29, 1.82) is 0 Å². The zero-order chi connectivity index (χ0) is 13.8. The minimum absolute atomic E-state index is 1.08. The molecule has 0 heterocycles. The van der Waals surface area contributed by atoms with Crippen LogP contribution in [-0.4, -0.2) is 0 Å². The topological polar surface area (TPSA) is 0 Å². The molecule has 0 unspecified atom stereocenters. The second-order valence-electron chi connectivity index (χ2n) is 5.08. The van der Waals surface area contributed by atoms with Crippen molar-refractivity contribution < 1.29 is 0 Å². The van der Waals surface area contributed by atoms with Gasteiger partial charge in [0.25, 0.3) is 0 Å². The van der Waals surface area contributed by atoms with Gasteiger partial charge in [0.15, 0.2) is 0 Å². The second-order valence-corrected chi connectivity index (χ2v) is 5.08. The van der Waals surface area contributed by atoms with Gasteiger partial charge in [-0.15, -0.1) is 0 Å². The molecular formula is C19H22. The van der Waals surface area contributed by atoms with Crippen LogP contribution in [-0.2, 0) is 6.42 Å². The molecule has 0 nitrogen and oxygen atoms in total. The van der Waals surface area contributed by atoms with Crippen LogP contribution in [0.5, 0.6) is 0 Å². The SMILES string of the molecule is CCc1ccccc1/C(C)=C(/C)c1ccccc1C. The Hall–Kier alpha value is -1.82. The van der Waals surface area contributed by atoms with E-state index >= 15 is 0 Å². The molecule has 0 atom stereocenters. The third-order valence-corrected chi connectivity index (χ3v) is 3.91. The summed E-state index contributed by atoms with van der Waals surface area (Å²) in [7, 11) is 0. The molecule has 0 aliphatic heterocycles. The number of benzene rings is 2. The normalized spacial score (nSPS) is 12.2. The Morgan fingerprint density at radius 2 is 1.32 bits per heavy atom. The van der Waals surface area contributed by atoms with Gasteiger partial charge in [0.1, 0.15) is 0 Å². The number of hydrogen-bond acceptors (Lipinski definition) is 0. The minimum Gasteiger partial charge on any atom is -0.0620 e. The Balaban J connectivity index is 2.55. The smallest absolute Gasteiger partial charge is 0.0192 e. The average molecular weight is 250 g/mol. The largest absolute Gasteiger partial charge is 0.0620 e. The summed E-state index contributed by atoms with van der Waals surface area (Å²) in [5, 5.41) is 0. The van der Waals surface area contributed by atoms with E-state index in [9.17, 15) is 0 Å². The van der Waals surface area contributed by atoms with Crippen LogP contribution >= 0.6 is 0 Å². The molecule has 0 aromatic heterocycles. The van der Waals surface area contributed by atoms with E-state index in [-0.39, 0.29) is 0 Å². The lowest BCUT2D eigenvalue weighted by Gasteiger charge is -2.14. The van der Waals surface area contributed by atoms with Crippen molar-refractivity contribution in [2.45, 2.75) is 34.1 Å². The molecule has 0 bridgehead atoms. The number of allylic oxidation sites excluding steroid dienone is 2. The zero-order valence-electron chi connectivity index (χ0n) is 12.3. The van der Waals surface area contributed by atoms with Gasteiger partial charge in [-0.25, -0.2) is 0 Å². The highest BCUT2D eigenvalue weighted by Gasteiger charge is 2.08. The van der Waals surface area contributed by atoms with E-state index in [4.69, 9.17) is 0 Å². The molecule has 0 aliphatic rings. The Morgan fingerprint density at radius 1 is 0.789 bits per heavy atom. The van der Waals surface area contributed by atoms with Gasteiger partial charge in [-0.2, -0.15) is 0 Å². The van der Waals surface area contributed by atoms with E-state index in [0.29, 0.717) is 0 Å². The van der Waals surface area contributed by atoms with Crippen LogP contribution in [0.1, 0.15) is 43.0 Å². The van der Waals surface area contributed by atoms with Crippen LogP contribution in [0.3, 0.4) is 0 Å². The van der Waals surface area contributed by atoms with Crippen molar-refractivity contribution >= 4 is 11.1 Å². The molecule has 0 amide bonds. The summed E-state index contributed by atoms with van der Waals surface area (Å²) < 4.78 is 0. The summed E-state index contributed by atoms with van der Waals surface area (Å²) in [5.41, 5.74) is 8.25. The molecule has 2 rings (SSSR count). The quantitative estimate of drug-likeness (QED) is 0.630. The maximum Gasteiger partial charge on any atom is -0.0192 e. The summed E-state index contributed by atoms with van der Waals surface area (Å²) in [6.45, 7) is 8.85. The molecule has 0 aliphatic carbocycles. The molecular weight excluding hydrogens is 228 g/mol. The van der Waals surface area contributed by atoms with Gasteiger partial charge in [0.05, 0.1) is 0 Å². The third-order valence-electron chi connectivity index (χ3n) is 3.91. The fourth-order valence-electron chi connectivity index (χ4n) is 2.59. The molecule has 0 fully saturated rings. The fraction of sp³-hybridized carbons (Fsp3) is 0.263. The first-order valence-electron chi connectivity index (χ1n) is 6.97. The highest BCUT2D eigenvalue weighted by molar-refractivity contribution is 5.90. The van der Waals surface area contributed by atoms with E-state index in [1.807, 2.05) is 0 Å². The van der Waals surface area contributed by atoms with Crippen LogP contribution in [0.4, 0.5) is 0 Å². The molecule has 0 saturated carbocycles. The van der Waals surface area contributed by atoms with Crippen LogP contribution in [0, 0.1) is 6.92 Å². The summed E-state index contributed by atoms with van der Waals surface area (Å²) in [6.07, 6.45) is 1.08. The van der Waals surface area contributed by atoms with Crippen LogP contribution in [0.15, 0.2) is 48.5 Å². The molecule has 19 heavy (non-hydrogen) atoms. The zero-order valence-corrected chi connectivity index (χ0v) is 12.3. The lowest BCUT2D eigenvalue weighted by Crippen LogP contribution is -1.93. The first-order chi connectivity index (χ1) is 9.15. The van der Waals surface area contributed by atoms with Crippen molar-refractivity contribution in [3.63, 3.8) is 0 Å². The molecule has 0 spiro atoms. The van der Waals surface area contributed by atoms with Gasteiger partial charge in [-0.05, 0) is 60.6 Å². The number of hydrogen-bond donors (Lipinski definition) is 0. The highest BCUT2D eigenvalue weighted by Crippen LogP contribution is 2.29. The van der Waals surface area contributed by atoms with E-state index in [1.165, 1.54) is 33.4 Å². The third kappa shape index (κ3) is 2.78. The summed E-state index contributed by atoms with van der Waals surface area (Å²) >= 11 is 0. The number of rotatable bonds is 3. The molecule has 0 heteroatoms. The molecule has 98 valence electrons. The fourth-order valence-corrected chi connectivity index (χ4v) is 2.59. The summed E-state index contributed by atoms with van der Waals surface area (Å²) in [5.74, 6) is 0. The standard InChI is InChI=1S/C19H22/c1-5-17-11-7-9-13-19(17)16(4)15(3)18-12-8-6-10-14(18)2/h6-13H,5H2,1-4H3/b16-15-. The van der Waals surface area contributed by atoms with Crippen LogP contribution in [0.2, 0.25) is 0 Å².